The van der Waals surface area contributed by atoms with Gasteiger partial charge in [-0.15, -0.1) is 0 Å². The molecule has 0 aliphatic carbocycles. The minimum absolute atomic E-state index is 0.172. The van der Waals surface area contributed by atoms with Crippen LogP contribution < -0.4 is 5.32 Å². The Balaban J connectivity index is 2.08. The highest BCUT2D eigenvalue weighted by Crippen LogP contribution is 2.27. The molecule has 0 saturated carbocycles. The minimum atomic E-state index is -0.437. The molecule has 100 valence electrons. The van der Waals surface area contributed by atoms with Gasteiger partial charge in [-0.25, -0.2) is 0 Å². The van der Waals surface area contributed by atoms with Gasteiger partial charge in [0.2, 0.25) is 0 Å². The summed E-state index contributed by atoms with van der Waals surface area (Å²) < 4.78 is 8.21. The number of esters is 1. The molecule has 2 heterocycles. The molecule has 18 heavy (non-hydrogen) atoms. The van der Waals surface area contributed by atoms with Crippen molar-refractivity contribution < 1.29 is 9.53 Å². The number of halogens is 1. The van der Waals surface area contributed by atoms with E-state index in [9.17, 15) is 4.79 Å². The lowest BCUT2D eigenvalue weighted by molar-refractivity contribution is -0.158. The van der Waals surface area contributed by atoms with Gasteiger partial charge in [0, 0.05) is 19.3 Å². The summed E-state index contributed by atoms with van der Waals surface area (Å²) >= 11 is 2.17. The normalized spacial score (nSPS) is 18.2. The molecule has 1 aromatic rings. The van der Waals surface area contributed by atoms with Gasteiger partial charge in [0.25, 0.3) is 0 Å². The lowest BCUT2D eigenvalue weighted by Gasteiger charge is -2.42. The lowest BCUT2D eigenvalue weighted by Crippen LogP contribution is -2.62. The van der Waals surface area contributed by atoms with E-state index in [0.717, 1.165) is 16.8 Å². The van der Waals surface area contributed by atoms with E-state index in [0.29, 0.717) is 6.42 Å². The van der Waals surface area contributed by atoms with Crippen molar-refractivity contribution in [2.24, 2.45) is 0 Å². The smallest absolute Gasteiger partial charge is 0.308 e. The SMILES string of the molecule is CC(C)(C)OC(=O)CC1(n2ccc(I)n2)CNC1. The number of carbonyl (C=O) groups is 1. The minimum Gasteiger partial charge on any atom is -0.460 e. The Morgan fingerprint density at radius 2 is 2.28 bits per heavy atom. The van der Waals surface area contributed by atoms with Gasteiger partial charge in [-0.2, -0.15) is 5.10 Å². The van der Waals surface area contributed by atoms with Crippen molar-refractivity contribution in [2.75, 3.05) is 13.1 Å². The van der Waals surface area contributed by atoms with Gasteiger partial charge in [-0.1, -0.05) is 0 Å². The number of aromatic nitrogens is 2. The first-order valence-electron chi connectivity index (χ1n) is 5.95. The standard InChI is InChI=1S/C12H18IN3O2/c1-11(2,3)18-10(17)6-12(7-14-8-12)16-5-4-9(13)15-16/h4-5,14H,6-8H2,1-3H3. The van der Waals surface area contributed by atoms with Crippen LogP contribution in [0, 0.1) is 3.70 Å². The van der Waals surface area contributed by atoms with Crippen molar-refractivity contribution in [1.82, 2.24) is 15.1 Å². The van der Waals surface area contributed by atoms with E-state index in [4.69, 9.17) is 4.74 Å². The number of nitrogens with one attached hydrogen (secondary N) is 1. The van der Waals surface area contributed by atoms with E-state index in [1.807, 2.05) is 37.7 Å². The lowest BCUT2D eigenvalue weighted by atomic mass is 9.88. The summed E-state index contributed by atoms with van der Waals surface area (Å²) in [5.41, 5.74) is -0.695. The fraction of sp³-hybridized carbons (Fsp3) is 0.667. The van der Waals surface area contributed by atoms with Crippen LogP contribution in [0.5, 0.6) is 0 Å². The second-order valence-corrected chi connectivity index (χ2v) is 6.78. The number of rotatable bonds is 3. The number of hydrogen-bond donors (Lipinski definition) is 1. The zero-order valence-electron chi connectivity index (χ0n) is 10.9. The van der Waals surface area contributed by atoms with Gasteiger partial charge in [0.05, 0.1) is 12.0 Å². The third-order valence-electron chi connectivity index (χ3n) is 2.84. The average Bonchev–Trinajstić information content (AvgIpc) is 2.55. The van der Waals surface area contributed by atoms with Gasteiger partial charge >= 0.3 is 5.97 Å². The van der Waals surface area contributed by atoms with Crippen molar-refractivity contribution in [2.45, 2.75) is 38.3 Å². The van der Waals surface area contributed by atoms with Crippen molar-refractivity contribution in [3.05, 3.63) is 16.0 Å². The Hall–Kier alpha value is -0.630. The maximum atomic E-state index is 12.0. The summed E-state index contributed by atoms with van der Waals surface area (Å²) in [4.78, 5) is 12.0. The maximum Gasteiger partial charge on any atom is 0.308 e. The largest absolute Gasteiger partial charge is 0.460 e. The summed E-state index contributed by atoms with van der Waals surface area (Å²) in [5.74, 6) is -0.172. The summed E-state index contributed by atoms with van der Waals surface area (Å²) in [6.45, 7) is 7.16. The summed E-state index contributed by atoms with van der Waals surface area (Å²) in [6.07, 6.45) is 2.28. The second-order valence-electron chi connectivity index (χ2n) is 5.67. The molecule has 1 fully saturated rings. The Kier molecular flexibility index (Phi) is 3.68. The van der Waals surface area contributed by atoms with Crippen LogP contribution in [0.1, 0.15) is 27.2 Å². The van der Waals surface area contributed by atoms with Crippen molar-refractivity contribution in [1.29, 1.82) is 0 Å². The van der Waals surface area contributed by atoms with Gasteiger partial charge in [-0.05, 0) is 49.4 Å². The van der Waals surface area contributed by atoms with Crippen molar-refractivity contribution in [3.63, 3.8) is 0 Å². The zero-order valence-corrected chi connectivity index (χ0v) is 13.0. The van der Waals surface area contributed by atoms with E-state index in [-0.39, 0.29) is 11.5 Å². The third-order valence-corrected chi connectivity index (χ3v) is 3.42. The predicted octanol–water partition coefficient (Wildman–Crippen LogP) is 1.52. The molecule has 0 amide bonds. The van der Waals surface area contributed by atoms with Crippen LogP contribution >= 0.6 is 22.6 Å². The van der Waals surface area contributed by atoms with Crippen molar-refractivity contribution in [3.8, 4) is 0 Å². The Morgan fingerprint density at radius 1 is 1.61 bits per heavy atom. The Morgan fingerprint density at radius 3 is 2.67 bits per heavy atom. The first-order valence-corrected chi connectivity index (χ1v) is 7.03. The van der Waals surface area contributed by atoms with Crippen LogP contribution in [0.3, 0.4) is 0 Å². The highest BCUT2D eigenvalue weighted by atomic mass is 127. The topological polar surface area (TPSA) is 56.2 Å². The Labute approximate surface area is 120 Å². The van der Waals surface area contributed by atoms with Crippen LogP contribution in [0.2, 0.25) is 0 Å². The number of nitrogens with zero attached hydrogens (tertiary/aromatic N) is 2. The quantitative estimate of drug-likeness (QED) is 0.654. The molecular formula is C12H18IN3O2. The number of carbonyl (C=O) groups excluding carboxylic acids is 1. The molecule has 1 N–H and O–H groups in total. The molecule has 0 atom stereocenters. The summed E-state index contributed by atoms with van der Waals surface area (Å²) in [5, 5.41) is 7.62. The van der Waals surface area contributed by atoms with Gasteiger partial charge in [0.1, 0.15) is 9.30 Å². The molecule has 1 saturated heterocycles. The molecule has 1 aliphatic heterocycles. The van der Waals surface area contributed by atoms with Crippen LogP contribution in [-0.2, 0) is 15.1 Å². The highest BCUT2D eigenvalue weighted by Gasteiger charge is 2.42. The predicted molar refractivity (Wildman–Crippen MR) is 76.2 cm³/mol. The second kappa shape index (κ2) is 4.80. The highest BCUT2D eigenvalue weighted by molar-refractivity contribution is 14.1. The van der Waals surface area contributed by atoms with E-state index in [1.165, 1.54) is 0 Å². The van der Waals surface area contributed by atoms with Gasteiger partial charge in [0.15, 0.2) is 0 Å². The molecule has 5 nitrogen and oxygen atoms in total. The Bertz CT molecular complexity index is 446. The van der Waals surface area contributed by atoms with Gasteiger partial charge in [-0.3, -0.25) is 9.48 Å². The summed E-state index contributed by atoms with van der Waals surface area (Å²) in [6, 6.07) is 1.94. The van der Waals surface area contributed by atoms with Crippen LogP contribution in [0.25, 0.3) is 0 Å². The molecule has 1 aliphatic rings. The van der Waals surface area contributed by atoms with E-state index in [1.54, 1.807) is 0 Å². The number of hydrogen-bond acceptors (Lipinski definition) is 4. The molecule has 0 aromatic carbocycles. The molecule has 0 unspecified atom stereocenters. The summed E-state index contributed by atoms with van der Waals surface area (Å²) in [7, 11) is 0. The molecule has 1 aromatic heterocycles. The molecule has 6 heteroatoms. The first-order chi connectivity index (χ1) is 8.31. The number of ether oxygens (including phenoxy) is 1. The van der Waals surface area contributed by atoms with E-state index >= 15 is 0 Å². The molecular weight excluding hydrogens is 345 g/mol. The fourth-order valence-corrected chi connectivity index (χ4v) is 2.39. The zero-order chi connectivity index (χ0) is 13.4. The monoisotopic (exact) mass is 363 g/mol. The first kappa shape index (κ1) is 13.8. The maximum absolute atomic E-state index is 12.0. The van der Waals surface area contributed by atoms with E-state index in [2.05, 4.69) is 33.0 Å². The van der Waals surface area contributed by atoms with Crippen LogP contribution in [0.15, 0.2) is 12.3 Å². The van der Waals surface area contributed by atoms with Gasteiger partial charge < -0.3 is 10.1 Å². The molecule has 2 rings (SSSR count). The molecule has 0 bridgehead atoms. The van der Waals surface area contributed by atoms with E-state index < -0.39 is 5.60 Å². The molecule has 0 spiro atoms. The third kappa shape index (κ3) is 3.03. The fourth-order valence-electron chi connectivity index (χ4n) is 1.99. The van der Waals surface area contributed by atoms with Crippen LogP contribution in [-0.4, -0.2) is 34.4 Å². The van der Waals surface area contributed by atoms with Crippen LogP contribution in [0.4, 0.5) is 0 Å². The van der Waals surface area contributed by atoms with Crippen molar-refractivity contribution >= 4 is 28.6 Å². The average molecular weight is 363 g/mol. The molecule has 0 radical (unpaired) electrons.